The van der Waals surface area contributed by atoms with E-state index in [1.54, 1.807) is 0 Å². The zero-order valence-corrected chi connectivity index (χ0v) is 13.4. The number of carbonyl (C=O) groups excluding carboxylic acids is 1. The molecular formula is C17H31NO. The minimum absolute atomic E-state index is 0.0903. The Bertz CT molecular complexity index is 340. The van der Waals surface area contributed by atoms with Crippen molar-refractivity contribution in [3.8, 4) is 0 Å². The van der Waals surface area contributed by atoms with E-state index in [-0.39, 0.29) is 16.9 Å². The third-order valence-corrected chi connectivity index (χ3v) is 4.78. The van der Waals surface area contributed by atoms with Crippen LogP contribution >= 0.6 is 0 Å². The third-order valence-electron chi connectivity index (χ3n) is 4.78. The second-order valence-electron chi connectivity index (χ2n) is 8.81. The first-order chi connectivity index (χ1) is 8.65. The van der Waals surface area contributed by atoms with Crippen LogP contribution in [-0.2, 0) is 4.79 Å². The normalized spacial score (nSPS) is 30.7. The number of carbonyl (C=O) groups is 1. The van der Waals surface area contributed by atoms with Crippen LogP contribution in [0.1, 0.15) is 73.1 Å². The number of rotatable bonds is 4. The Balaban J connectivity index is 1.81. The lowest BCUT2D eigenvalue weighted by atomic mass is 9.81. The smallest absolute Gasteiger partial charge is 0.220 e. The highest BCUT2D eigenvalue weighted by Crippen LogP contribution is 2.49. The van der Waals surface area contributed by atoms with Crippen molar-refractivity contribution in [1.29, 1.82) is 0 Å². The topological polar surface area (TPSA) is 29.1 Å². The molecule has 1 amide bonds. The van der Waals surface area contributed by atoms with Crippen molar-refractivity contribution < 1.29 is 4.79 Å². The molecule has 2 heteroatoms. The molecule has 0 aromatic rings. The van der Waals surface area contributed by atoms with E-state index in [2.05, 4.69) is 39.9 Å². The molecule has 0 aliphatic heterocycles. The minimum atomic E-state index is -0.0903. The van der Waals surface area contributed by atoms with Crippen LogP contribution in [0, 0.1) is 23.2 Å². The molecule has 19 heavy (non-hydrogen) atoms. The average molecular weight is 265 g/mol. The fourth-order valence-corrected chi connectivity index (χ4v) is 4.66. The van der Waals surface area contributed by atoms with E-state index in [0.29, 0.717) is 5.92 Å². The molecule has 2 aliphatic rings. The Morgan fingerprint density at radius 1 is 1.11 bits per heavy atom. The highest BCUT2D eigenvalue weighted by molar-refractivity contribution is 5.77. The summed E-state index contributed by atoms with van der Waals surface area (Å²) in [5.74, 6) is 2.72. The Morgan fingerprint density at radius 3 is 2.26 bits per heavy atom. The predicted octanol–water partition coefficient (Wildman–Crippen LogP) is 4.14. The second kappa shape index (κ2) is 5.10. The van der Waals surface area contributed by atoms with Gasteiger partial charge >= 0.3 is 0 Å². The molecule has 2 saturated carbocycles. The number of amides is 1. The van der Waals surface area contributed by atoms with Crippen molar-refractivity contribution in [3.05, 3.63) is 0 Å². The maximum absolute atomic E-state index is 12.3. The molecule has 0 heterocycles. The molecule has 110 valence electrons. The number of fused-ring (bicyclic) bond motifs is 2. The van der Waals surface area contributed by atoms with Crippen LogP contribution in [0.5, 0.6) is 0 Å². The van der Waals surface area contributed by atoms with E-state index < -0.39 is 0 Å². The van der Waals surface area contributed by atoms with Gasteiger partial charge in [-0.05, 0) is 62.7 Å². The summed E-state index contributed by atoms with van der Waals surface area (Å²) in [4.78, 5) is 12.3. The number of hydrogen-bond acceptors (Lipinski definition) is 1. The highest BCUT2D eigenvalue weighted by atomic mass is 16.1. The summed E-state index contributed by atoms with van der Waals surface area (Å²) in [6, 6.07) is 0. The molecule has 0 radical (unpaired) electrons. The average Bonchev–Trinajstić information content (AvgIpc) is 2.72. The van der Waals surface area contributed by atoms with Gasteiger partial charge in [0.25, 0.3) is 0 Å². The molecule has 3 atom stereocenters. The molecule has 0 aromatic carbocycles. The van der Waals surface area contributed by atoms with Gasteiger partial charge in [0.15, 0.2) is 0 Å². The summed E-state index contributed by atoms with van der Waals surface area (Å²) in [5, 5.41) is 3.26. The molecule has 2 fully saturated rings. The molecule has 2 aliphatic carbocycles. The Kier molecular flexibility index (Phi) is 3.99. The van der Waals surface area contributed by atoms with E-state index in [0.717, 1.165) is 24.7 Å². The lowest BCUT2D eigenvalue weighted by Crippen LogP contribution is -2.46. The Hall–Kier alpha value is -0.530. The van der Waals surface area contributed by atoms with E-state index >= 15 is 0 Å². The second-order valence-corrected chi connectivity index (χ2v) is 8.81. The van der Waals surface area contributed by atoms with Crippen LogP contribution in [0.4, 0.5) is 0 Å². The highest BCUT2D eigenvalue weighted by Gasteiger charge is 2.40. The van der Waals surface area contributed by atoms with Crippen molar-refractivity contribution >= 4 is 5.91 Å². The maximum atomic E-state index is 12.3. The Morgan fingerprint density at radius 2 is 1.79 bits per heavy atom. The van der Waals surface area contributed by atoms with Gasteiger partial charge in [-0.3, -0.25) is 4.79 Å². The van der Waals surface area contributed by atoms with E-state index in [1.165, 1.54) is 25.7 Å². The standard InChI is InChI=1S/C17H31NO/c1-16(2,3)11-17(4,5)18-15(19)10-14-9-12-6-7-13(14)8-12/h12-14H,6-11H2,1-5H3,(H,18,19). The lowest BCUT2D eigenvalue weighted by molar-refractivity contribution is -0.124. The van der Waals surface area contributed by atoms with Crippen LogP contribution in [-0.4, -0.2) is 11.4 Å². The third kappa shape index (κ3) is 4.22. The van der Waals surface area contributed by atoms with Crippen LogP contribution in [0.2, 0.25) is 0 Å². The molecule has 0 spiro atoms. The summed E-state index contributed by atoms with van der Waals surface area (Å²) in [6.45, 7) is 11.0. The fraction of sp³-hybridized carbons (Fsp3) is 0.941. The summed E-state index contributed by atoms with van der Waals surface area (Å²) in [6.07, 6.45) is 7.25. The van der Waals surface area contributed by atoms with E-state index in [1.807, 2.05) is 0 Å². The quantitative estimate of drug-likeness (QED) is 0.813. The molecular weight excluding hydrogens is 234 g/mol. The minimum Gasteiger partial charge on any atom is -0.351 e. The zero-order valence-electron chi connectivity index (χ0n) is 13.4. The molecule has 2 bridgehead atoms. The first-order valence-electron chi connectivity index (χ1n) is 7.96. The summed E-state index contributed by atoms with van der Waals surface area (Å²) in [7, 11) is 0. The van der Waals surface area contributed by atoms with Crippen LogP contribution in [0.25, 0.3) is 0 Å². The predicted molar refractivity (Wildman–Crippen MR) is 79.8 cm³/mol. The number of nitrogens with one attached hydrogen (secondary N) is 1. The first kappa shape index (κ1) is 14.9. The van der Waals surface area contributed by atoms with Gasteiger partial charge in [0.1, 0.15) is 0 Å². The molecule has 2 rings (SSSR count). The van der Waals surface area contributed by atoms with Gasteiger partial charge in [-0.1, -0.05) is 27.2 Å². The summed E-state index contributed by atoms with van der Waals surface area (Å²) < 4.78 is 0. The molecule has 1 N–H and O–H groups in total. The van der Waals surface area contributed by atoms with E-state index in [9.17, 15) is 4.79 Å². The van der Waals surface area contributed by atoms with Crippen molar-refractivity contribution in [2.24, 2.45) is 23.2 Å². The van der Waals surface area contributed by atoms with Gasteiger partial charge in [-0.2, -0.15) is 0 Å². The van der Waals surface area contributed by atoms with Gasteiger partial charge in [0.2, 0.25) is 5.91 Å². The number of hydrogen-bond donors (Lipinski definition) is 1. The van der Waals surface area contributed by atoms with Gasteiger partial charge in [0, 0.05) is 12.0 Å². The van der Waals surface area contributed by atoms with Crippen molar-refractivity contribution in [3.63, 3.8) is 0 Å². The van der Waals surface area contributed by atoms with Crippen molar-refractivity contribution in [1.82, 2.24) is 5.32 Å². The molecule has 3 unspecified atom stereocenters. The fourth-order valence-electron chi connectivity index (χ4n) is 4.66. The van der Waals surface area contributed by atoms with Crippen LogP contribution in [0.3, 0.4) is 0 Å². The van der Waals surface area contributed by atoms with E-state index in [4.69, 9.17) is 0 Å². The summed E-state index contributed by atoms with van der Waals surface area (Å²) >= 11 is 0. The Labute approximate surface area is 118 Å². The first-order valence-corrected chi connectivity index (χ1v) is 7.96. The van der Waals surface area contributed by atoms with Crippen LogP contribution in [0.15, 0.2) is 0 Å². The van der Waals surface area contributed by atoms with Gasteiger partial charge < -0.3 is 5.32 Å². The maximum Gasteiger partial charge on any atom is 0.220 e. The molecule has 2 nitrogen and oxygen atoms in total. The SMILES string of the molecule is CC(C)(C)CC(C)(C)NC(=O)CC1CC2CCC1C2. The van der Waals surface area contributed by atoms with Gasteiger partial charge in [-0.15, -0.1) is 0 Å². The molecule has 0 saturated heterocycles. The zero-order chi connectivity index (χ0) is 14.3. The summed E-state index contributed by atoms with van der Waals surface area (Å²) in [5.41, 5.74) is 0.163. The lowest BCUT2D eigenvalue weighted by Gasteiger charge is -2.34. The van der Waals surface area contributed by atoms with Crippen molar-refractivity contribution in [2.45, 2.75) is 78.7 Å². The molecule has 0 aromatic heterocycles. The monoisotopic (exact) mass is 265 g/mol. The van der Waals surface area contributed by atoms with Crippen molar-refractivity contribution in [2.75, 3.05) is 0 Å². The van der Waals surface area contributed by atoms with Gasteiger partial charge in [0.05, 0.1) is 0 Å². The van der Waals surface area contributed by atoms with Crippen LogP contribution < -0.4 is 5.32 Å². The van der Waals surface area contributed by atoms with Gasteiger partial charge in [-0.25, -0.2) is 0 Å². The largest absolute Gasteiger partial charge is 0.351 e.